The first-order valence-corrected chi connectivity index (χ1v) is 6.94. The van der Waals surface area contributed by atoms with Crippen molar-refractivity contribution in [3.05, 3.63) is 65.2 Å². The number of hydrogen-bond acceptors (Lipinski definition) is 3. The van der Waals surface area contributed by atoms with E-state index in [0.29, 0.717) is 0 Å². The average Bonchev–Trinajstić information content (AvgIpc) is 2.52. The van der Waals surface area contributed by atoms with Crippen LogP contribution in [0.4, 0.5) is 0 Å². The highest BCUT2D eigenvalue weighted by atomic mass is 16.5. The quantitative estimate of drug-likeness (QED) is 0.747. The number of rotatable bonds is 7. The highest BCUT2D eigenvalue weighted by molar-refractivity contribution is 5.85. The molecule has 0 saturated heterocycles. The molecular weight excluding hydrogens is 266 g/mol. The lowest BCUT2D eigenvalue weighted by molar-refractivity contribution is -0.670. The van der Waals surface area contributed by atoms with Crippen molar-refractivity contribution in [2.45, 2.75) is 13.0 Å². The van der Waals surface area contributed by atoms with Crippen LogP contribution >= 0.6 is 0 Å². The van der Waals surface area contributed by atoms with Crippen LogP contribution in [-0.4, -0.2) is 19.6 Å². The van der Waals surface area contributed by atoms with E-state index in [1.807, 2.05) is 24.3 Å². The highest BCUT2D eigenvalue weighted by Crippen LogP contribution is 2.11. The lowest BCUT2D eigenvalue weighted by atomic mass is 10.1. The summed E-state index contributed by atoms with van der Waals surface area (Å²) in [5, 5.41) is 12.9. The Labute approximate surface area is 124 Å². The summed E-state index contributed by atoms with van der Waals surface area (Å²) in [7, 11) is 1.66. The molecule has 2 N–H and O–H groups in total. The topological polar surface area (TPSA) is 66.0 Å². The molecule has 0 radical (unpaired) electrons. The van der Waals surface area contributed by atoms with Crippen molar-refractivity contribution in [1.82, 2.24) is 0 Å². The number of hydrogen-bond donors (Lipinski definition) is 1. The number of carbonyl (C=O) groups excluding carboxylic acids is 1. The molecule has 0 aliphatic carbocycles. The van der Waals surface area contributed by atoms with Crippen LogP contribution in [-0.2, 0) is 13.0 Å². The van der Waals surface area contributed by atoms with Crippen molar-refractivity contribution in [2.24, 2.45) is 0 Å². The molecule has 0 fully saturated rings. The third-order valence-electron chi connectivity index (χ3n) is 3.37. The minimum absolute atomic E-state index is 0.219. The number of quaternary nitrogens is 1. The van der Waals surface area contributed by atoms with Crippen LogP contribution < -0.4 is 15.2 Å². The van der Waals surface area contributed by atoms with Crippen LogP contribution in [0.5, 0.6) is 5.75 Å². The SMILES string of the molecule is COc1ccc(CC[NH2+]Cc2ccc(C(=O)[O-])cc2)cc1. The summed E-state index contributed by atoms with van der Waals surface area (Å²) in [4.78, 5) is 10.6. The summed E-state index contributed by atoms with van der Waals surface area (Å²) >= 11 is 0. The van der Waals surface area contributed by atoms with Crippen LogP contribution in [0.1, 0.15) is 21.5 Å². The fourth-order valence-corrected chi connectivity index (χ4v) is 2.11. The summed E-state index contributed by atoms with van der Waals surface area (Å²) in [6, 6.07) is 14.9. The molecule has 21 heavy (non-hydrogen) atoms. The molecule has 0 aliphatic heterocycles. The van der Waals surface area contributed by atoms with Crippen LogP contribution in [0.2, 0.25) is 0 Å². The molecule has 0 bridgehead atoms. The van der Waals surface area contributed by atoms with Gasteiger partial charge in [-0.25, -0.2) is 0 Å². The molecule has 0 spiro atoms. The zero-order chi connectivity index (χ0) is 15.1. The molecule has 0 amide bonds. The maximum Gasteiger partial charge on any atom is 0.118 e. The summed E-state index contributed by atoms with van der Waals surface area (Å²) < 4.78 is 5.13. The summed E-state index contributed by atoms with van der Waals surface area (Å²) in [5.74, 6) is -0.263. The van der Waals surface area contributed by atoms with E-state index in [-0.39, 0.29) is 5.56 Å². The fraction of sp³-hybridized carbons (Fsp3) is 0.235. The molecule has 0 saturated carbocycles. The Bertz CT molecular complexity index is 576. The molecule has 0 heterocycles. The second-order valence-electron chi connectivity index (χ2n) is 4.86. The van der Waals surface area contributed by atoms with Crippen molar-refractivity contribution in [1.29, 1.82) is 0 Å². The normalized spacial score (nSPS) is 10.3. The predicted molar refractivity (Wildman–Crippen MR) is 78.0 cm³/mol. The van der Waals surface area contributed by atoms with Crippen LogP contribution in [0, 0.1) is 0 Å². The molecule has 110 valence electrons. The molecule has 4 nitrogen and oxygen atoms in total. The number of carboxylic acid groups (broad SMARTS) is 1. The molecule has 2 aromatic carbocycles. The van der Waals surface area contributed by atoms with E-state index in [0.717, 1.165) is 30.8 Å². The van der Waals surface area contributed by atoms with E-state index in [1.165, 1.54) is 5.56 Å². The van der Waals surface area contributed by atoms with Gasteiger partial charge in [0.25, 0.3) is 0 Å². The molecule has 2 rings (SSSR count). The van der Waals surface area contributed by atoms with Crippen molar-refractivity contribution in [3.8, 4) is 5.75 Å². The van der Waals surface area contributed by atoms with Gasteiger partial charge in [0.15, 0.2) is 0 Å². The van der Waals surface area contributed by atoms with Crippen molar-refractivity contribution < 1.29 is 20.0 Å². The van der Waals surface area contributed by atoms with Crippen LogP contribution in [0.15, 0.2) is 48.5 Å². The molecule has 0 aliphatic rings. The number of methoxy groups -OCH3 is 1. The van der Waals surface area contributed by atoms with Gasteiger partial charge in [-0.1, -0.05) is 36.4 Å². The average molecular weight is 285 g/mol. The number of benzene rings is 2. The minimum atomic E-state index is -1.13. The van der Waals surface area contributed by atoms with Gasteiger partial charge in [-0.15, -0.1) is 0 Å². The van der Waals surface area contributed by atoms with Crippen LogP contribution in [0.25, 0.3) is 0 Å². The number of carbonyl (C=O) groups is 1. The number of nitrogens with two attached hydrogens (primary N) is 1. The van der Waals surface area contributed by atoms with Gasteiger partial charge in [-0.05, 0) is 23.3 Å². The summed E-state index contributed by atoms with van der Waals surface area (Å²) in [5.41, 5.74) is 2.60. The molecule has 0 atom stereocenters. The second-order valence-corrected chi connectivity index (χ2v) is 4.86. The Kier molecular flexibility index (Phi) is 5.35. The Morgan fingerprint density at radius 1 is 1.05 bits per heavy atom. The molecular formula is C17H19NO3. The van der Waals surface area contributed by atoms with Crippen molar-refractivity contribution in [3.63, 3.8) is 0 Å². The van der Waals surface area contributed by atoms with Gasteiger partial charge >= 0.3 is 0 Å². The third kappa shape index (κ3) is 4.61. The standard InChI is InChI=1S/C17H19NO3/c1-21-16-8-4-13(5-9-16)10-11-18-12-14-2-6-15(7-3-14)17(19)20/h2-9,18H,10-12H2,1H3,(H,19,20). The van der Waals surface area contributed by atoms with E-state index in [9.17, 15) is 9.90 Å². The minimum Gasteiger partial charge on any atom is -0.545 e. The highest BCUT2D eigenvalue weighted by Gasteiger charge is 1.99. The number of carboxylic acids is 1. The Balaban J connectivity index is 1.74. The van der Waals surface area contributed by atoms with E-state index < -0.39 is 5.97 Å². The number of aromatic carboxylic acids is 1. The summed E-state index contributed by atoms with van der Waals surface area (Å²) in [6.07, 6.45) is 0.987. The maximum atomic E-state index is 10.6. The van der Waals surface area contributed by atoms with Gasteiger partial charge in [0.05, 0.1) is 19.6 Å². The first kappa shape index (κ1) is 15.1. The lowest BCUT2D eigenvalue weighted by Crippen LogP contribution is -2.83. The fourth-order valence-electron chi connectivity index (χ4n) is 2.11. The first-order chi connectivity index (χ1) is 10.2. The Hall–Kier alpha value is -2.33. The lowest BCUT2D eigenvalue weighted by Gasteiger charge is -2.05. The van der Waals surface area contributed by atoms with Gasteiger partial charge in [-0.2, -0.15) is 0 Å². The van der Waals surface area contributed by atoms with Gasteiger partial charge in [0, 0.05) is 12.0 Å². The van der Waals surface area contributed by atoms with Gasteiger partial charge in [-0.3, -0.25) is 0 Å². The maximum absolute atomic E-state index is 10.6. The number of ether oxygens (including phenoxy) is 1. The third-order valence-corrected chi connectivity index (χ3v) is 3.37. The monoisotopic (exact) mass is 285 g/mol. The van der Waals surface area contributed by atoms with E-state index >= 15 is 0 Å². The van der Waals surface area contributed by atoms with E-state index in [2.05, 4.69) is 17.4 Å². The van der Waals surface area contributed by atoms with Gasteiger partial charge in [0.1, 0.15) is 12.3 Å². The van der Waals surface area contributed by atoms with E-state index in [1.54, 1.807) is 19.2 Å². The molecule has 4 heteroatoms. The molecule has 0 aromatic heterocycles. The van der Waals surface area contributed by atoms with Gasteiger partial charge in [0.2, 0.25) is 0 Å². The predicted octanol–water partition coefficient (Wildman–Crippen LogP) is 0.365. The first-order valence-electron chi connectivity index (χ1n) is 6.94. The van der Waals surface area contributed by atoms with E-state index in [4.69, 9.17) is 4.74 Å². The zero-order valence-corrected chi connectivity index (χ0v) is 12.0. The van der Waals surface area contributed by atoms with Gasteiger partial charge < -0.3 is 20.0 Å². The smallest absolute Gasteiger partial charge is 0.118 e. The largest absolute Gasteiger partial charge is 0.545 e. The Morgan fingerprint density at radius 2 is 1.67 bits per heavy atom. The summed E-state index contributed by atoms with van der Waals surface area (Å²) in [6.45, 7) is 1.82. The zero-order valence-electron chi connectivity index (χ0n) is 12.0. The molecule has 2 aromatic rings. The van der Waals surface area contributed by atoms with Crippen molar-refractivity contribution in [2.75, 3.05) is 13.7 Å². The second kappa shape index (κ2) is 7.45. The Morgan fingerprint density at radius 3 is 2.24 bits per heavy atom. The molecule has 0 unspecified atom stereocenters. The van der Waals surface area contributed by atoms with Crippen molar-refractivity contribution >= 4 is 5.97 Å². The van der Waals surface area contributed by atoms with Crippen LogP contribution in [0.3, 0.4) is 0 Å².